The number of nitrogens with zero attached hydrogens (tertiary/aromatic N) is 1. The molecule has 21 heavy (non-hydrogen) atoms. The zero-order valence-corrected chi connectivity index (χ0v) is 14.0. The molecule has 0 radical (unpaired) electrons. The summed E-state index contributed by atoms with van der Waals surface area (Å²) in [5.41, 5.74) is 0.495. The van der Waals surface area contributed by atoms with Gasteiger partial charge in [0.15, 0.2) is 5.78 Å². The molecule has 3 nitrogen and oxygen atoms in total. The van der Waals surface area contributed by atoms with Gasteiger partial charge in [0.25, 0.3) is 0 Å². The highest BCUT2D eigenvalue weighted by atomic mass is 35.5. The Hall–Kier alpha value is -1.06. The van der Waals surface area contributed by atoms with Gasteiger partial charge in [0.05, 0.1) is 12.7 Å². The highest BCUT2D eigenvalue weighted by Crippen LogP contribution is 2.41. The number of halogens is 1. The van der Waals surface area contributed by atoms with Crippen molar-refractivity contribution in [2.45, 2.75) is 32.1 Å². The minimum atomic E-state index is -0.240. The third-order valence-electron chi connectivity index (χ3n) is 4.26. The van der Waals surface area contributed by atoms with Crippen molar-refractivity contribution in [1.82, 2.24) is 4.90 Å². The van der Waals surface area contributed by atoms with Crippen molar-refractivity contribution in [2.24, 2.45) is 5.41 Å². The van der Waals surface area contributed by atoms with E-state index in [1.165, 1.54) is 6.42 Å². The molecule has 1 saturated carbocycles. The van der Waals surface area contributed by atoms with E-state index in [-0.39, 0.29) is 23.6 Å². The summed E-state index contributed by atoms with van der Waals surface area (Å²) >= 11 is 0. The summed E-state index contributed by atoms with van der Waals surface area (Å²) in [6.07, 6.45) is 5.52. The zero-order chi connectivity index (χ0) is 14.6. The molecule has 2 rings (SSSR count). The first-order valence-electron chi connectivity index (χ1n) is 7.42. The highest BCUT2D eigenvalue weighted by Gasteiger charge is 2.41. The number of rotatable bonds is 5. The standard InChI is InChI=1S/C17H25NO2.ClH/c1-18(2)13-17(11-7-4-8-12-17)16(19)14-9-5-6-10-15(14)20-3;/h5-6,9-10H,4,7-8,11-13H2,1-3H3;1H. The first kappa shape index (κ1) is 18.0. The molecule has 0 atom stereocenters. The van der Waals surface area contributed by atoms with Gasteiger partial charge >= 0.3 is 0 Å². The molecule has 0 saturated heterocycles. The summed E-state index contributed by atoms with van der Waals surface area (Å²) in [5, 5.41) is 0. The van der Waals surface area contributed by atoms with Gasteiger partial charge in [-0.15, -0.1) is 12.4 Å². The number of hydrogen-bond acceptors (Lipinski definition) is 3. The quantitative estimate of drug-likeness (QED) is 0.774. The number of ether oxygens (including phenoxy) is 1. The molecule has 0 unspecified atom stereocenters. The number of carbonyl (C=O) groups excluding carboxylic acids is 1. The molecule has 0 bridgehead atoms. The number of ketones is 1. The second-order valence-electron chi connectivity index (χ2n) is 6.11. The Morgan fingerprint density at radius 2 is 1.81 bits per heavy atom. The monoisotopic (exact) mass is 311 g/mol. The fourth-order valence-corrected chi connectivity index (χ4v) is 3.41. The van der Waals surface area contributed by atoms with E-state index in [0.717, 1.165) is 37.8 Å². The summed E-state index contributed by atoms with van der Waals surface area (Å²) in [4.78, 5) is 15.3. The lowest BCUT2D eigenvalue weighted by atomic mass is 9.69. The molecule has 0 aliphatic heterocycles. The van der Waals surface area contributed by atoms with E-state index in [1.54, 1.807) is 7.11 Å². The van der Waals surface area contributed by atoms with E-state index in [2.05, 4.69) is 4.90 Å². The fraction of sp³-hybridized carbons (Fsp3) is 0.588. The van der Waals surface area contributed by atoms with Crippen LogP contribution in [0.1, 0.15) is 42.5 Å². The van der Waals surface area contributed by atoms with E-state index in [0.29, 0.717) is 5.75 Å². The normalized spacial score (nSPS) is 17.1. The molecule has 1 aromatic rings. The Kier molecular flexibility index (Phi) is 6.69. The molecule has 1 aromatic carbocycles. The average molecular weight is 312 g/mol. The SMILES string of the molecule is COc1ccccc1C(=O)C1(CN(C)C)CCCCC1.Cl. The van der Waals surface area contributed by atoms with E-state index in [9.17, 15) is 4.79 Å². The lowest BCUT2D eigenvalue weighted by Crippen LogP contribution is -2.42. The Balaban J connectivity index is 0.00000220. The maximum absolute atomic E-state index is 13.1. The van der Waals surface area contributed by atoms with Crippen LogP contribution in [0.25, 0.3) is 0 Å². The first-order chi connectivity index (χ1) is 9.59. The van der Waals surface area contributed by atoms with Gasteiger partial charge < -0.3 is 9.64 Å². The Bertz CT molecular complexity index is 468. The lowest BCUT2D eigenvalue weighted by molar-refractivity contribution is 0.0635. The van der Waals surface area contributed by atoms with Gasteiger partial charge in [-0.25, -0.2) is 0 Å². The third kappa shape index (κ3) is 3.98. The van der Waals surface area contributed by atoms with Crippen LogP contribution in [0.4, 0.5) is 0 Å². The summed E-state index contributed by atoms with van der Waals surface area (Å²) in [7, 11) is 5.73. The van der Waals surface area contributed by atoms with Gasteiger partial charge in [-0.2, -0.15) is 0 Å². The smallest absolute Gasteiger partial charge is 0.174 e. The number of Topliss-reactive ketones (excluding diaryl/α,β-unsaturated/α-hetero) is 1. The molecule has 1 fully saturated rings. The summed E-state index contributed by atoms with van der Waals surface area (Å²) in [6.45, 7) is 0.823. The highest BCUT2D eigenvalue weighted by molar-refractivity contribution is 6.03. The molecule has 0 amide bonds. The van der Waals surface area contributed by atoms with Crippen LogP contribution in [-0.2, 0) is 0 Å². The lowest BCUT2D eigenvalue weighted by Gasteiger charge is -2.38. The van der Waals surface area contributed by atoms with Crippen LogP contribution in [0.2, 0.25) is 0 Å². The molecule has 1 aliphatic rings. The summed E-state index contributed by atoms with van der Waals surface area (Å²) in [5.74, 6) is 0.949. The summed E-state index contributed by atoms with van der Waals surface area (Å²) < 4.78 is 5.37. The predicted molar refractivity (Wildman–Crippen MR) is 88.6 cm³/mol. The minimum absolute atomic E-state index is 0. The molecular formula is C17H26ClNO2. The first-order valence-corrected chi connectivity index (χ1v) is 7.42. The minimum Gasteiger partial charge on any atom is -0.496 e. The van der Waals surface area contributed by atoms with Crippen LogP contribution >= 0.6 is 12.4 Å². The van der Waals surface area contributed by atoms with E-state index in [4.69, 9.17) is 4.74 Å². The predicted octanol–water partition coefficient (Wildman–Crippen LogP) is 3.81. The molecule has 0 N–H and O–H groups in total. The topological polar surface area (TPSA) is 29.5 Å². The fourth-order valence-electron chi connectivity index (χ4n) is 3.41. The Labute approximate surface area is 134 Å². The van der Waals surface area contributed by atoms with Crippen LogP contribution in [0.3, 0.4) is 0 Å². The van der Waals surface area contributed by atoms with Crippen molar-refractivity contribution in [1.29, 1.82) is 0 Å². The van der Waals surface area contributed by atoms with E-state index in [1.807, 2.05) is 38.4 Å². The molecule has 118 valence electrons. The summed E-state index contributed by atoms with van der Waals surface area (Å²) in [6, 6.07) is 7.60. The van der Waals surface area contributed by atoms with Crippen LogP contribution < -0.4 is 4.74 Å². The second kappa shape index (κ2) is 7.81. The maximum atomic E-state index is 13.1. The van der Waals surface area contributed by atoms with Crippen LogP contribution in [0.15, 0.2) is 24.3 Å². The number of carbonyl (C=O) groups is 1. The number of methoxy groups -OCH3 is 1. The number of benzene rings is 1. The van der Waals surface area contributed by atoms with Gasteiger partial charge in [0, 0.05) is 12.0 Å². The van der Waals surface area contributed by atoms with Crippen molar-refractivity contribution in [3.8, 4) is 5.75 Å². The molecular weight excluding hydrogens is 286 g/mol. The molecule has 4 heteroatoms. The Morgan fingerprint density at radius 3 is 2.38 bits per heavy atom. The van der Waals surface area contributed by atoms with Gasteiger partial charge in [-0.3, -0.25) is 4.79 Å². The molecule has 0 spiro atoms. The number of para-hydroxylation sites is 1. The zero-order valence-electron chi connectivity index (χ0n) is 13.2. The second-order valence-corrected chi connectivity index (χ2v) is 6.11. The van der Waals surface area contributed by atoms with Gasteiger partial charge in [-0.05, 0) is 39.1 Å². The van der Waals surface area contributed by atoms with E-state index < -0.39 is 0 Å². The van der Waals surface area contributed by atoms with Crippen molar-refractivity contribution in [2.75, 3.05) is 27.7 Å². The van der Waals surface area contributed by atoms with Crippen LogP contribution in [0.5, 0.6) is 5.75 Å². The molecule has 0 heterocycles. The van der Waals surface area contributed by atoms with Gasteiger partial charge in [0.1, 0.15) is 5.75 Å². The van der Waals surface area contributed by atoms with Crippen molar-refractivity contribution in [3.05, 3.63) is 29.8 Å². The van der Waals surface area contributed by atoms with Crippen molar-refractivity contribution in [3.63, 3.8) is 0 Å². The van der Waals surface area contributed by atoms with Crippen LogP contribution in [-0.4, -0.2) is 38.4 Å². The maximum Gasteiger partial charge on any atom is 0.174 e. The molecule has 1 aliphatic carbocycles. The van der Waals surface area contributed by atoms with Gasteiger partial charge in [-0.1, -0.05) is 31.4 Å². The van der Waals surface area contributed by atoms with E-state index >= 15 is 0 Å². The van der Waals surface area contributed by atoms with Crippen LogP contribution in [0, 0.1) is 5.41 Å². The van der Waals surface area contributed by atoms with Gasteiger partial charge in [0.2, 0.25) is 0 Å². The van der Waals surface area contributed by atoms with Crippen molar-refractivity contribution < 1.29 is 9.53 Å². The molecule has 0 aromatic heterocycles. The average Bonchev–Trinajstić information content (AvgIpc) is 2.46. The largest absolute Gasteiger partial charge is 0.496 e. The third-order valence-corrected chi connectivity index (χ3v) is 4.26. The Morgan fingerprint density at radius 1 is 1.19 bits per heavy atom. The van der Waals surface area contributed by atoms with Crippen molar-refractivity contribution >= 4 is 18.2 Å². The number of hydrogen-bond donors (Lipinski definition) is 0.